The Kier molecular flexibility index (Phi) is 4.22. The van der Waals surface area contributed by atoms with Crippen LogP contribution in [0.15, 0.2) is 23.1 Å². The van der Waals surface area contributed by atoms with Crippen molar-refractivity contribution in [3.63, 3.8) is 0 Å². The van der Waals surface area contributed by atoms with Crippen molar-refractivity contribution in [2.24, 2.45) is 11.1 Å². The molecule has 0 fully saturated rings. The van der Waals surface area contributed by atoms with Crippen molar-refractivity contribution >= 4 is 10.0 Å². The van der Waals surface area contributed by atoms with Crippen LogP contribution in [0.1, 0.15) is 13.8 Å². The fourth-order valence-corrected chi connectivity index (χ4v) is 2.89. The summed E-state index contributed by atoms with van der Waals surface area (Å²) in [6, 6.07) is 4.59. The van der Waals surface area contributed by atoms with Crippen LogP contribution in [0.3, 0.4) is 0 Å². The van der Waals surface area contributed by atoms with Gasteiger partial charge in [-0.3, -0.25) is 0 Å². The van der Waals surface area contributed by atoms with Gasteiger partial charge in [0.15, 0.2) is 11.5 Å². The first kappa shape index (κ1) is 15.1. The summed E-state index contributed by atoms with van der Waals surface area (Å²) >= 11 is 0. The van der Waals surface area contributed by atoms with E-state index in [1.807, 2.05) is 13.8 Å². The number of hydrogen-bond acceptors (Lipinski definition) is 5. The van der Waals surface area contributed by atoms with Crippen molar-refractivity contribution in [1.29, 1.82) is 0 Å². The topological polar surface area (TPSA) is 90.7 Å². The third-order valence-electron chi connectivity index (χ3n) is 3.12. The van der Waals surface area contributed by atoms with Gasteiger partial charge in [0, 0.05) is 12.6 Å². The molecule has 0 aromatic heterocycles. The summed E-state index contributed by atoms with van der Waals surface area (Å²) in [7, 11) is -3.58. The van der Waals surface area contributed by atoms with Crippen LogP contribution in [-0.4, -0.2) is 34.7 Å². The molecule has 0 amide bonds. The maximum Gasteiger partial charge on any atom is 0.240 e. The molecule has 0 bridgehead atoms. The highest BCUT2D eigenvalue weighted by Gasteiger charge is 2.23. The third kappa shape index (κ3) is 3.41. The molecule has 1 heterocycles. The minimum Gasteiger partial charge on any atom is -0.486 e. The Balaban J connectivity index is 2.17. The number of fused-ring (bicyclic) bond motifs is 1. The zero-order valence-electron chi connectivity index (χ0n) is 11.7. The van der Waals surface area contributed by atoms with Crippen LogP contribution >= 0.6 is 0 Å². The highest BCUT2D eigenvalue weighted by molar-refractivity contribution is 7.89. The highest BCUT2D eigenvalue weighted by Crippen LogP contribution is 2.32. The molecule has 1 aliphatic heterocycles. The van der Waals surface area contributed by atoms with Crippen molar-refractivity contribution in [3.8, 4) is 11.5 Å². The molecule has 1 aromatic rings. The lowest BCUT2D eigenvalue weighted by Crippen LogP contribution is -2.38. The Morgan fingerprint density at radius 3 is 2.55 bits per heavy atom. The van der Waals surface area contributed by atoms with E-state index in [4.69, 9.17) is 15.2 Å². The average molecular weight is 300 g/mol. The standard InChI is InChI=1S/C13H20N2O4S/c1-13(2,8-14)9-15-20(16,17)10-3-4-11-12(7-10)19-6-5-18-11/h3-4,7,15H,5-6,8-9,14H2,1-2H3. The van der Waals surface area contributed by atoms with E-state index < -0.39 is 10.0 Å². The van der Waals surface area contributed by atoms with Gasteiger partial charge in [-0.2, -0.15) is 0 Å². The van der Waals surface area contributed by atoms with E-state index in [1.165, 1.54) is 12.1 Å². The Morgan fingerprint density at radius 2 is 1.90 bits per heavy atom. The average Bonchev–Trinajstić information content (AvgIpc) is 2.45. The summed E-state index contributed by atoms with van der Waals surface area (Å²) in [4.78, 5) is 0.162. The fraction of sp³-hybridized carbons (Fsp3) is 0.538. The first-order valence-electron chi connectivity index (χ1n) is 6.43. The van der Waals surface area contributed by atoms with Gasteiger partial charge >= 0.3 is 0 Å². The first-order valence-corrected chi connectivity index (χ1v) is 7.92. The summed E-state index contributed by atoms with van der Waals surface area (Å²) in [6.07, 6.45) is 0. The summed E-state index contributed by atoms with van der Waals surface area (Å²) in [6.45, 7) is 5.38. The van der Waals surface area contributed by atoms with E-state index >= 15 is 0 Å². The smallest absolute Gasteiger partial charge is 0.240 e. The Morgan fingerprint density at radius 1 is 1.25 bits per heavy atom. The van der Waals surface area contributed by atoms with E-state index in [2.05, 4.69) is 4.72 Å². The van der Waals surface area contributed by atoms with Crippen LogP contribution in [0.25, 0.3) is 0 Å². The van der Waals surface area contributed by atoms with E-state index in [9.17, 15) is 8.42 Å². The van der Waals surface area contributed by atoms with Crippen molar-refractivity contribution in [2.75, 3.05) is 26.3 Å². The van der Waals surface area contributed by atoms with Gasteiger partial charge in [0.05, 0.1) is 4.90 Å². The second-order valence-electron chi connectivity index (χ2n) is 5.50. The van der Waals surface area contributed by atoms with Crippen LogP contribution in [0.5, 0.6) is 11.5 Å². The molecule has 112 valence electrons. The lowest BCUT2D eigenvalue weighted by atomic mass is 9.95. The first-order chi connectivity index (χ1) is 9.34. The maximum atomic E-state index is 12.2. The molecular weight excluding hydrogens is 280 g/mol. The normalized spacial score (nSPS) is 15.2. The van der Waals surface area contributed by atoms with Crippen molar-refractivity contribution in [2.45, 2.75) is 18.7 Å². The van der Waals surface area contributed by atoms with Crippen LogP contribution in [0, 0.1) is 5.41 Å². The zero-order valence-corrected chi connectivity index (χ0v) is 12.5. The second-order valence-corrected chi connectivity index (χ2v) is 7.27. The molecule has 1 aliphatic rings. The number of rotatable bonds is 5. The molecule has 0 saturated heterocycles. The molecule has 0 atom stereocenters. The number of ether oxygens (including phenoxy) is 2. The van der Waals surface area contributed by atoms with Gasteiger partial charge in [-0.05, 0) is 24.1 Å². The third-order valence-corrected chi connectivity index (χ3v) is 4.52. The van der Waals surface area contributed by atoms with Gasteiger partial charge in [-0.25, -0.2) is 13.1 Å². The molecule has 0 spiro atoms. The molecule has 0 unspecified atom stereocenters. The molecule has 7 heteroatoms. The summed E-state index contributed by atoms with van der Waals surface area (Å²) in [5, 5.41) is 0. The van der Waals surface area contributed by atoms with Gasteiger partial charge in [0.2, 0.25) is 10.0 Å². The molecule has 1 aromatic carbocycles. The summed E-state index contributed by atoms with van der Waals surface area (Å²) < 4.78 is 37.8. The largest absolute Gasteiger partial charge is 0.486 e. The van der Waals surface area contributed by atoms with Gasteiger partial charge in [0.25, 0.3) is 0 Å². The zero-order chi connectivity index (χ0) is 14.8. The number of nitrogens with two attached hydrogens (primary N) is 1. The van der Waals surface area contributed by atoms with Crippen molar-refractivity contribution < 1.29 is 17.9 Å². The minimum atomic E-state index is -3.58. The van der Waals surface area contributed by atoms with Crippen molar-refractivity contribution in [1.82, 2.24) is 4.72 Å². The van der Waals surface area contributed by atoms with Crippen LogP contribution < -0.4 is 19.9 Å². The Labute approximate surface area is 119 Å². The number of hydrogen-bond donors (Lipinski definition) is 2. The minimum absolute atomic E-state index is 0.162. The molecule has 20 heavy (non-hydrogen) atoms. The maximum absolute atomic E-state index is 12.2. The van der Waals surface area contributed by atoms with Crippen molar-refractivity contribution in [3.05, 3.63) is 18.2 Å². The summed E-state index contributed by atoms with van der Waals surface area (Å²) in [5.41, 5.74) is 5.30. The lowest BCUT2D eigenvalue weighted by molar-refractivity contribution is 0.171. The van der Waals surface area contributed by atoms with E-state index in [0.717, 1.165) is 0 Å². The monoisotopic (exact) mass is 300 g/mol. The van der Waals surface area contributed by atoms with Gasteiger partial charge in [-0.1, -0.05) is 13.8 Å². The number of benzene rings is 1. The van der Waals surface area contributed by atoms with Gasteiger partial charge < -0.3 is 15.2 Å². The molecule has 0 aliphatic carbocycles. The molecule has 0 radical (unpaired) electrons. The Bertz CT molecular complexity index is 584. The van der Waals surface area contributed by atoms with Crippen LogP contribution in [0.4, 0.5) is 0 Å². The fourth-order valence-electron chi connectivity index (χ4n) is 1.64. The predicted molar refractivity (Wildman–Crippen MR) is 75.5 cm³/mol. The second kappa shape index (κ2) is 5.59. The molecule has 6 nitrogen and oxygen atoms in total. The number of nitrogens with one attached hydrogen (secondary N) is 1. The van der Waals surface area contributed by atoms with E-state index in [1.54, 1.807) is 6.07 Å². The Hall–Kier alpha value is -1.31. The van der Waals surface area contributed by atoms with Gasteiger partial charge in [0.1, 0.15) is 13.2 Å². The van der Waals surface area contributed by atoms with E-state index in [0.29, 0.717) is 31.3 Å². The number of sulfonamides is 1. The molecule has 2 rings (SSSR count). The molecular formula is C13H20N2O4S. The van der Waals surface area contributed by atoms with Crippen LogP contribution in [-0.2, 0) is 10.0 Å². The quantitative estimate of drug-likeness (QED) is 0.836. The lowest BCUT2D eigenvalue weighted by Gasteiger charge is -2.23. The van der Waals surface area contributed by atoms with Crippen LogP contribution in [0.2, 0.25) is 0 Å². The summed E-state index contributed by atoms with van der Waals surface area (Å²) in [5.74, 6) is 1.02. The van der Waals surface area contributed by atoms with Gasteiger partial charge in [-0.15, -0.1) is 0 Å². The molecule has 3 N–H and O–H groups in total. The van der Waals surface area contributed by atoms with E-state index in [-0.39, 0.29) is 16.9 Å². The highest BCUT2D eigenvalue weighted by atomic mass is 32.2. The molecule has 0 saturated carbocycles. The SMILES string of the molecule is CC(C)(CN)CNS(=O)(=O)c1ccc2c(c1)OCCO2. The predicted octanol–water partition coefficient (Wildman–Crippen LogP) is 0.721.